The van der Waals surface area contributed by atoms with Crippen molar-refractivity contribution >= 4 is 21.4 Å². The average Bonchev–Trinajstić information content (AvgIpc) is 2.63. The van der Waals surface area contributed by atoms with Crippen LogP contribution >= 0.6 is 11.3 Å². The lowest BCUT2D eigenvalue weighted by molar-refractivity contribution is 0.415. The number of ether oxygens (including phenoxy) is 1. The highest BCUT2D eigenvalue weighted by Crippen LogP contribution is 2.33. The zero-order chi connectivity index (χ0) is 9.26. The van der Waals surface area contributed by atoms with E-state index in [1.165, 1.54) is 15.6 Å². The molecule has 0 N–H and O–H groups in total. The predicted molar refractivity (Wildman–Crippen MR) is 57.8 cm³/mol. The Hall–Kier alpha value is -1.02. The van der Waals surface area contributed by atoms with Gasteiger partial charge in [0.05, 0.1) is 7.11 Å². The molecule has 2 aromatic rings. The molecule has 1 aromatic carbocycles. The van der Waals surface area contributed by atoms with Gasteiger partial charge in [0.1, 0.15) is 5.75 Å². The molecule has 1 nitrogen and oxygen atoms in total. The standard InChI is InChI=1S/C11H12OS/c1-3-8-4-5-10-9(6-7-13-10)11(8)12-2/h4-7H,3H2,1-2H3. The lowest BCUT2D eigenvalue weighted by atomic mass is 10.1. The second-order valence-electron chi connectivity index (χ2n) is 2.94. The summed E-state index contributed by atoms with van der Waals surface area (Å²) in [4.78, 5) is 0. The zero-order valence-electron chi connectivity index (χ0n) is 7.83. The minimum absolute atomic E-state index is 1.02. The molecule has 13 heavy (non-hydrogen) atoms. The summed E-state index contributed by atoms with van der Waals surface area (Å²) < 4.78 is 6.71. The first-order valence-corrected chi connectivity index (χ1v) is 5.28. The van der Waals surface area contributed by atoms with E-state index in [0.717, 1.165) is 12.2 Å². The van der Waals surface area contributed by atoms with Crippen molar-refractivity contribution < 1.29 is 4.74 Å². The molecule has 1 aromatic heterocycles. The molecule has 68 valence electrons. The van der Waals surface area contributed by atoms with Crippen molar-refractivity contribution in [1.82, 2.24) is 0 Å². The van der Waals surface area contributed by atoms with Gasteiger partial charge in [-0.2, -0.15) is 0 Å². The lowest BCUT2D eigenvalue weighted by Crippen LogP contribution is -1.89. The molecular weight excluding hydrogens is 180 g/mol. The average molecular weight is 192 g/mol. The van der Waals surface area contributed by atoms with Gasteiger partial charge in [0, 0.05) is 10.1 Å². The molecule has 0 aliphatic carbocycles. The predicted octanol–water partition coefficient (Wildman–Crippen LogP) is 3.47. The molecule has 0 bridgehead atoms. The number of rotatable bonds is 2. The summed E-state index contributed by atoms with van der Waals surface area (Å²) in [5.74, 6) is 1.04. The van der Waals surface area contributed by atoms with Crippen LogP contribution in [0.2, 0.25) is 0 Å². The van der Waals surface area contributed by atoms with Gasteiger partial charge < -0.3 is 4.74 Å². The minimum Gasteiger partial charge on any atom is -0.496 e. The van der Waals surface area contributed by atoms with E-state index in [1.807, 2.05) is 0 Å². The first-order chi connectivity index (χ1) is 6.36. The van der Waals surface area contributed by atoms with Crippen LogP contribution in [0.3, 0.4) is 0 Å². The van der Waals surface area contributed by atoms with Crippen molar-refractivity contribution in [1.29, 1.82) is 0 Å². The Balaban J connectivity index is 2.74. The van der Waals surface area contributed by atoms with Crippen molar-refractivity contribution in [2.24, 2.45) is 0 Å². The van der Waals surface area contributed by atoms with E-state index >= 15 is 0 Å². The van der Waals surface area contributed by atoms with Crippen LogP contribution in [0.4, 0.5) is 0 Å². The van der Waals surface area contributed by atoms with E-state index in [1.54, 1.807) is 18.4 Å². The van der Waals surface area contributed by atoms with Crippen LogP contribution in [0.1, 0.15) is 12.5 Å². The molecule has 0 fully saturated rings. The van der Waals surface area contributed by atoms with Crippen molar-refractivity contribution in [2.45, 2.75) is 13.3 Å². The zero-order valence-corrected chi connectivity index (χ0v) is 8.65. The van der Waals surface area contributed by atoms with Crippen LogP contribution in [0.25, 0.3) is 10.1 Å². The maximum atomic E-state index is 5.41. The SMILES string of the molecule is CCc1ccc2sccc2c1OC. The fraction of sp³-hybridized carbons (Fsp3) is 0.273. The molecule has 0 radical (unpaired) electrons. The van der Waals surface area contributed by atoms with E-state index in [4.69, 9.17) is 4.74 Å². The Morgan fingerprint density at radius 3 is 2.85 bits per heavy atom. The number of fused-ring (bicyclic) bond motifs is 1. The number of benzene rings is 1. The maximum absolute atomic E-state index is 5.41. The topological polar surface area (TPSA) is 9.23 Å². The lowest BCUT2D eigenvalue weighted by Gasteiger charge is -2.07. The number of hydrogen-bond donors (Lipinski definition) is 0. The highest BCUT2D eigenvalue weighted by Gasteiger charge is 2.06. The Kier molecular flexibility index (Phi) is 2.23. The van der Waals surface area contributed by atoms with Gasteiger partial charge in [0.15, 0.2) is 0 Å². The van der Waals surface area contributed by atoms with E-state index < -0.39 is 0 Å². The van der Waals surface area contributed by atoms with Crippen LogP contribution in [0.5, 0.6) is 5.75 Å². The van der Waals surface area contributed by atoms with Crippen molar-refractivity contribution in [2.75, 3.05) is 7.11 Å². The maximum Gasteiger partial charge on any atom is 0.130 e. The molecule has 0 saturated carbocycles. The van der Waals surface area contributed by atoms with Crippen molar-refractivity contribution in [3.8, 4) is 5.75 Å². The third-order valence-corrected chi connectivity index (χ3v) is 3.13. The smallest absolute Gasteiger partial charge is 0.130 e. The van der Waals surface area contributed by atoms with Crippen LogP contribution in [-0.2, 0) is 6.42 Å². The fourth-order valence-electron chi connectivity index (χ4n) is 1.58. The van der Waals surface area contributed by atoms with Gasteiger partial charge in [-0.15, -0.1) is 11.3 Å². The highest BCUT2D eigenvalue weighted by atomic mass is 32.1. The van der Waals surface area contributed by atoms with Crippen LogP contribution in [0.15, 0.2) is 23.6 Å². The normalized spacial score (nSPS) is 10.6. The molecule has 0 amide bonds. The first kappa shape index (κ1) is 8.57. The van der Waals surface area contributed by atoms with Gasteiger partial charge in [-0.3, -0.25) is 0 Å². The second-order valence-corrected chi connectivity index (χ2v) is 3.89. The summed E-state index contributed by atoms with van der Waals surface area (Å²) in [5, 5.41) is 3.35. The molecule has 0 unspecified atom stereocenters. The van der Waals surface area contributed by atoms with Gasteiger partial charge in [-0.25, -0.2) is 0 Å². The summed E-state index contributed by atoms with van der Waals surface area (Å²) in [6.07, 6.45) is 1.02. The number of aryl methyl sites for hydroxylation is 1. The van der Waals surface area contributed by atoms with E-state index in [0.29, 0.717) is 0 Å². The van der Waals surface area contributed by atoms with Gasteiger partial charge in [-0.05, 0) is 29.5 Å². The Morgan fingerprint density at radius 2 is 2.15 bits per heavy atom. The third kappa shape index (κ3) is 1.31. The van der Waals surface area contributed by atoms with E-state index in [-0.39, 0.29) is 0 Å². The van der Waals surface area contributed by atoms with Crippen molar-refractivity contribution in [3.63, 3.8) is 0 Å². The van der Waals surface area contributed by atoms with Gasteiger partial charge >= 0.3 is 0 Å². The summed E-state index contributed by atoms with van der Waals surface area (Å²) in [6.45, 7) is 2.15. The fourth-order valence-corrected chi connectivity index (χ4v) is 2.37. The summed E-state index contributed by atoms with van der Waals surface area (Å²) >= 11 is 1.76. The van der Waals surface area contributed by atoms with Gasteiger partial charge in [-0.1, -0.05) is 13.0 Å². The Labute approximate surface area is 82.0 Å². The monoisotopic (exact) mass is 192 g/mol. The largest absolute Gasteiger partial charge is 0.496 e. The third-order valence-electron chi connectivity index (χ3n) is 2.25. The number of methoxy groups -OCH3 is 1. The molecule has 0 spiro atoms. The van der Waals surface area contributed by atoms with Gasteiger partial charge in [0.2, 0.25) is 0 Å². The molecule has 1 heterocycles. The summed E-state index contributed by atoms with van der Waals surface area (Å²) in [6, 6.07) is 6.44. The van der Waals surface area contributed by atoms with Crippen molar-refractivity contribution in [3.05, 3.63) is 29.1 Å². The molecule has 0 aliphatic rings. The Morgan fingerprint density at radius 1 is 1.31 bits per heavy atom. The van der Waals surface area contributed by atoms with Crippen LogP contribution in [-0.4, -0.2) is 7.11 Å². The van der Waals surface area contributed by atoms with E-state index in [2.05, 4.69) is 30.5 Å². The molecule has 0 atom stereocenters. The molecule has 0 aliphatic heterocycles. The van der Waals surface area contributed by atoms with Crippen LogP contribution in [0, 0.1) is 0 Å². The second kappa shape index (κ2) is 3.38. The van der Waals surface area contributed by atoms with Gasteiger partial charge in [0.25, 0.3) is 0 Å². The summed E-state index contributed by atoms with van der Waals surface area (Å²) in [7, 11) is 1.74. The first-order valence-electron chi connectivity index (χ1n) is 4.40. The Bertz CT molecular complexity index is 417. The highest BCUT2D eigenvalue weighted by molar-refractivity contribution is 7.17. The molecular formula is C11H12OS. The quantitative estimate of drug-likeness (QED) is 0.708. The van der Waals surface area contributed by atoms with Crippen LogP contribution < -0.4 is 4.74 Å². The molecule has 0 saturated heterocycles. The minimum atomic E-state index is 1.02. The number of hydrogen-bond acceptors (Lipinski definition) is 2. The molecule has 2 rings (SSSR count). The van der Waals surface area contributed by atoms with E-state index in [9.17, 15) is 0 Å². The molecule has 2 heteroatoms. The summed E-state index contributed by atoms with van der Waals surface area (Å²) in [5.41, 5.74) is 1.29. The number of thiophene rings is 1.